The number of hydrogen-bond acceptors (Lipinski definition) is 3. The van der Waals surface area contributed by atoms with Crippen molar-refractivity contribution in [1.82, 2.24) is 4.98 Å². The summed E-state index contributed by atoms with van der Waals surface area (Å²) in [5, 5.41) is 2.69. The Kier molecular flexibility index (Phi) is 1.89. The second-order valence-electron chi connectivity index (χ2n) is 1.45. The third kappa shape index (κ3) is 1.57. The van der Waals surface area contributed by atoms with E-state index >= 15 is 0 Å². The summed E-state index contributed by atoms with van der Waals surface area (Å²) >= 11 is 3.14. The molecule has 3 nitrogen and oxygen atoms in total. The molecule has 0 atom stereocenters. The highest BCUT2D eigenvalue weighted by Gasteiger charge is 1.90. The van der Waals surface area contributed by atoms with E-state index in [1.165, 1.54) is 6.20 Å². The van der Waals surface area contributed by atoms with Crippen molar-refractivity contribution < 1.29 is 0 Å². The molecule has 0 saturated carbocycles. The first-order valence-corrected chi connectivity index (χ1v) is 3.06. The van der Waals surface area contributed by atoms with Gasteiger partial charge in [-0.3, -0.25) is 4.98 Å². The Labute approximate surface area is 60.2 Å². The van der Waals surface area contributed by atoms with Crippen LogP contribution in [0.3, 0.4) is 0 Å². The number of hydrogen-bond donors (Lipinski definition) is 0. The predicted octanol–water partition coefficient (Wildman–Crippen LogP) is 2.24. The van der Waals surface area contributed by atoms with Crippen LogP contribution in [-0.4, -0.2) is 4.98 Å². The van der Waals surface area contributed by atoms with Crippen LogP contribution in [-0.2, 0) is 0 Å². The van der Waals surface area contributed by atoms with Gasteiger partial charge in [0.1, 0.15) is 5.69 Å². The third-order valence-corrected chi connectivity index (χ3v) is 1.23. The van der Waals surface area contributed by atoms with Crippen molar-refractivity contribution in [3.8, 4) is 0 Å². The normalized spacial score (nSPS) is 9.00. The van der Waals surface area contributed by atoms with Crippen LogP contribution in [0.25, 0.3) is 0 Å². The van der Waals surface area contributed by atoms with Crippen molar-refractivity contribution >= 4 is 21.6 Å². The Morgan fingerprint density at radius 3 is 2.78 bits per heavy atom. The summed E-state index contributed by atoms with van der Waals surface area (Å²) < 4.78 is 0.764. The van der Waals surface area contributed by atoms with Gasteiger partial charge >= 0.3 is 0 Å². The van der Waals surface area contributed by atoms with E-state index in [9.17, 15) is 4.91 Å². The fraction of sp³-hybridized carbons (Fsp3) is 0. The highest BCUT2D eigenvalue weighted by Crippen LogP contribution is 2.15. The first-order valence-electron chi connectivity index (χ1n) is 2.27. The van der Waals surface area contributed by atoms with E-state index < -0.39 is 0 Å². The molecule has 0 unspecified atom stereocenters. The Hall–Kier alpha value is -0.770. The summed E-state index contributed by atoms with van der Waals surface area (Å²) in [5.74, 6) is 0. The largest absolute Gasteiger partial charge is 0.261 e. The maximum absolute atomic E-state index is 9.85. The first kappa shape index (κ1) is 6.35. The number of halogens is 1. The van der Waals surface area contributed by atoms with Gasteiger partial charge in [0, 0.05) is 10.7 Å². The van der Waals surface area contributed by atoms with Gasteiger partial charge in [0.15, 0.2) is 0 Å². The zero-order valence-electron chi connectivity index (χ0n) is 4.41. The summed E-state index contributed by atoms with van der Waals surface area (Å²) in [4.78, 5) is 13.6. The number of nitrogens with zero attached hydrogens (tertiary/aromatic N) is 2. The minimum Gasteiger partial charge on any atom is -0.261 e. The number of nitroso groups, excluding NO2 is 1. The number of aromatic nitrogens is 1. The standard InChI is InChI=1S/C5H3BrN2O/c6-4-1-5(8-9)3-7-2-4/h1-3H. The van der Waals surface area contributed by atoms with E-state index in [1.54, 1.807) is 12.3 Å². The molecule has 0 spiro atoms. The zero-order chi connectivity index (χ0) is 6.69. The summed E-state index contributed by atoms with van der Waals surface area (Å²) in [7, 11) is 0. The Bertz CT molecular complexity index is 226. The molecular weight excluding hydrogens is 184 g/mol. The van der Waals surface area contributed by atoms with Crippen LogP contribution in [0.5, 0.6) is 0 Å². The SMILES string of the molecule is O=Nc1cncc(Br)c1. The van der Waals surface area contributed by atoms with Gasteiger partial charge in [0.2, 0.25) is 0 Å². The second-order valence-corrected chi connectivity index (χ2v) is 2.37. The predicted molar refractivity (Wildman–Crippen MR) is 37.4 cm³/mol. The van der Waals surface area contributed by atoms with E-state index in [0.29, 0.717) is 5.69 Å². The lowest BCUT2D eigenvalue weighted by molar-refractivity contribution is 1.28. The van der Waals surface area contributed by atoms with Gasteiger partial charge in [-0.05, 0) is 27.2 Å². The van der Waals surface area contributed by atoms with Crippen LogP contribution < -0.4 is 0 Å². The van der Waals surface area contributed by atoms with Crippen LogP contribution in [0, 0.1) is 4.91 Å². The summed E-state index contributed by atoms with van der Waals surface area (Å²) in [6.07, 6.45) is 2.99. The molecule has 1 aromatic rings. The summed E-state index contributed by atoms with van der Waals surface area (Å²) in [6, 6.07) is 1.60. The van der Waals surface area contributed by atoms with Gasteiger partial charge in [-0.1, -0.05) is 0 Å². The summed E-state index contributed by atoms with van der Waals surface area (Å²) in [5.41, 5.74) is 0.337. The lowest BCUT2D eigenvalue weighted by Gasteiger charge is -1.86. The van der Waals surface area contributed by atoms with Crippen molar-refractivity contribution in [2.45, 2.75) is 0 Å². The number of rotatable bonds is 1. The van der Waals surface area contributed by atoms with Gasteiger partial charge in [-0.15, -0.1) is 4.91 Å². The van der Waals surface area contributed by atoms with Gasteiger partial charge in [0.05, 0.1) is 6.20 Å². The summed E-state index contributed by atoms with van der Waals surface area (Å²) in [6.45, 7) is 0. The molecular formula is C5H3BrN2O. The van der Waals surface area contributed by atoms with Crippen molar-refractivity contribution in [3.05, 3.63) is 27.8 Å². The second kappa shape index (κ2) is 2.68. The molecule has 9 heavy (non-hydrogen) atoms. The molecule has 0 radical (unpaired) electrons. The average Bonchev–Trinajstić information content (AvgIpc) is 1.88. The fourth-order valence-corrected chi connectivity index (χ4v) is 0.803. The first-order chi connectivity index (χ1) is 4.33. The molecule has 0 N–H and O–H groups in total. The fourth-order valence-electron chi connectivity index (χ4n) is 0.451. The van der Waals surface area contributed by atoms with Gasteiger partial charge in [-0.2, -0.15) is 0 Å². The van der Waals surface area contributed by atoms with E-state index in [2.05, 4.69) is 26.1 Å². The van der Waals surface area contributed by atoms with Crippen LogP contribution in [0.2, 0.25) is 0 Å². The van der Waals surface area contributed by atoms with Crippen molar-refractivity contribution in [3.63, 3.8) is 0 Å². The lowest BCUT2D eigenvalue weighted by Crippen LogP contribution is -1.68. The Morgan fingerprint density at radius 2 is 2.33 bits per heavy atom. The molecule has 46 valence electrons. The van der Waals surface area contributed by atoms with E-state index in [4.69, 9.17) is 0 Å². The maximum atomic E-state index is 9.85. The third-order valence-electron chi connectivity index (χ3n) is 0.796. The van der Waals surface area contributed by atoms with Crippen LogP contribution in [0.15, 0.2) is 28.1 Å². The topological polar surface area (TPSA) is 42.3 Å². The molecule has 4 heteroatoms. The average molecular weight is 187 g/mol. The van der Waals surface area contributed by atoms with Crippen LogP contribution >= 0.6 is 15.9 Å². The molecule has 0 saturated heterocycles. The van der Waals surface area contributed by atoms with Crippen molar-refractivity contribution in [1.29, 1.82) is 0 Å². The Balaban J connectivity index is 3.07. The molecule has 1 aromatic heterocycles. The smallest absolute Gasteiger partial charge is 0.127 e. The molecule has 1 rings (SSSR count). The Morgan fingerprint density at radius 1 is 1.56 bits per heavy atom. The molecule has 0 bridgehead atoms. The minimum atomic E-state index is 0.337. The molecule has 0 aliphatic carbocycles. The van der Waals surface area contributed by atoms with Crippen molar-refractivity contribution in [2.24, 2.45) is 5.18 Å². The van der Waals surface area contributed by atoms with E-state index in [1.807, 2.05) is 0 Å². The molecule has 1 heterocycles. The lowest BCUT2D eigenvalue weighted by atomic mass is 10.4. The minimum absolute atomic E-state index is 0.337. The van der Waals surface area contributed by atoms with Crippen molar-refractivity contribution in [2.75, 3.05) is 0 Å². The van der Waals surface area contributed by atoms with Crippen LogP contribution in [0.4, 0.5) is 5.69 Å². The van der Waals surface area contributed by atoms with Gasteiger partial charge < -0.3 is 0 Å². The monoisotopic (exact) mass is 186 g/mol. The highest BCUT2D eigenvalue weighted by molar-refractivity contribution is 9.10. The number of pyridine rings is 1. The molecule has 0 aliphatic heterocycles. The van der Waals surface area contributed by atoms with Crippen LogP contribution in [0.1, 0.15) is 0 Å². The molecule has 0 amide bonds. The van der Waals surface area contributed by atoms with E-state index in [-0.39, 0.29) is 0 Å². The molecule has 0 aliphatic rings. The maximum Gasteiger partial charge on any atom is 0.127 e. The van der Waals surface area contributed by atoms with Gasteiger partial charge in [0.25, 0.3) is 0 Å². The quantitative estimate of drug-likeness (QED) is 0.632. The molecule has 0 aromatic carbocycles. The van der Waals surface area contributed by atoms with E-state index in [0.717, 1.165) is 4.47 Å². The zero-order valence-corrected chi connectivity index (χ0v) is 6.00. The van der Waals surface area contributed by atoms with Gasteiger partial charge in [-0.25, -0.2) is 0 Å². The highest BCUT2D eigenvalue weighted by atomic mass is 79.9. The molecule has 0 fully saturated rings.